The number of benzene rings is 1. The van der Waals surface area contributed by atoms with Crippen molar-refractivity contribution in [1.29, 1.82) is 0 Å². The molecular weight excluding hydrogens is 294 g/mol. The molecule has 6 heteroatoms. The summed E-state index contributed by atoms with van der Waals surface area (Å²) >= 11 is 0. The van der Waals surface area contributed by atoms with Gasteiger partial charge in [0.1, 0.15) is 5.82 Å². The number of nitrogens with one attached hydrogen (secondary N) is 1. The molecule has 0 aliphatic rings. The molecule has 2 aromatic rings. The van der Waals surface area contributed by atoms with Crippen LogP contribution in [0.4, 0.5) is 5.69 Å². The van der Waals surface area contributed by atoms with E-state index in [-0.39, 0.29) is 5.91 Å². The number of nitrogens with zero attached hydrogens (tertiary/aromatic N) is 2. The molecule has 1 heterocycles. The van der Waals surface area contributed by atoms with E-state index in [2.05, 4.69) is 15.3 Å². The van der Waals surface area contributed by atoms with Gasteiger partial charge in [-0.25, -0.2) is 9.97 Å². The normalized spacial score (nSPS) is 11.8. The predicted octanol–water partition coefficient (Wildman–Crippen LogP) is 2.61. The molecule has 1 aromatic heterocycles. The lowest BCUT2D eigenvalue weighted by Crippen LogP contribution is -2.15. The zero-order valence-electron chi connectivity index (χ0n) is 13.3. The molecule has 2 rings (SSSR count). The zero-order valence-corrected chi connectivity index (χ0v) is 13.3. The fourth-order valence-electron chi connectivity index (χ4n) is 2.17. The highest BCUT2D eigenvalue weighted by Gasteiger charge is 2.13. The predicted molar refractivity (Wildman–Crippen MR) is 86.4 cm³/mol. The van der Waals surface area contributed by atoms with Crippen LogP contribution in [0.2, 0.25) is 0 Å². The number of carbonyl (C=O) groups is 2. The number of anilines is 1. The Bertz CT molecular complexity index is 726. The Balaban J connectivity index is 2.05. The van der Waals surface area contributed by atoms with Crippen molar-refractivity contribution in [3.05, 3.63) is 53.1 Å². The van der Waals surface area contributed by atoms with Crippen LogP contribution in [-0.2, 0) is 11.2 Å². The number of aryl methyl sites for hydroxylation is 2. The van der Waals surface area contributed by atoms with Gasteiger partial charge in [0, 0.05) is 11.9 Å². The maximum atomic E-state index is 12.2. The third kappa shape index (κ3) is 4.35. The molecule has 120 valence electrons. The number of amides is 1. The summed E-state index contributed by atoms with van der Waals surface area (Å²) in [5, 5.41) is 11.7. The van der Waals surface area contributed by atoms with E-state index in [9.17, 15) is 9.59 Å². The molecule has 0 bridgehead atoms. The summed E-state index contributed by atoms with van der Waals surface area (Å²) in [5.74, 6) is -0.912. The first-order chi connectivity index (χ1) is 10.9. The van der Waals surface area contributed by atoms with Crippen molar-refractivity contribution in [1.82, 2.24) is 9.97 Å². The van der Waals surface area contributed by atoms with Crippen LogP contribution in [0.5, 0.6) is 0 Å². The Morgan fingerprint density at radius 1 is 1.22 bits per heavy atom. The van der Waals surface area contributed by atoms with Gasteiger partial charge < -0.3 is 10.4 Å². The van der Waals surface area contributed by atoms with Crippen LogP contribution in [0, 0.1) is 19.8 Å². The largest absolute Gasteiger partial charge is 0.481 e. The summed E-state index contributed by atoms with van der Waals surface area (Å²) < 4.78 is 0. The van der Waals surface area contributed by atoms with Gasteiger partial charge in [-0.2, -0.15) is 0 Å². The van der Waals surface area contributed by atoms with E-state index in [0.29, 0.717) is 29.2 Å². The maximum Gasteiger partial charge on any atom is 0.306 e. The van der Waals surface area contributed by atoms with Crippen molar-refractivity contribution in [3.8, 4) is 0 Å². The Labute approximate surface area is 134 Å². The lowest BCUT2D eigenvalue weighted by molar-refractivity contribution is -0.141. The van der Waals surface area contributed by atoms with Crippen LogP contribution >= 0.6 is 0 Å². The molecule has 1 amide bonds. The second kappa shape index (κ2) is 7.00. The van der Waals surface area contributed by atoms with Crippen LogP contribution < -0.4 is 5.32 Å². The molecule has 2 N–H and O–H groups in total. The van der Waals surface area contributed by atoms with Gasteiger partial charge in [0.25, 0.3) is 5.91 Å². The van der Waals surface area contributed by atoms with Gasteiger partial charge in [0.05, 0.1) is 17.2 Å². The first-order valence-corrected chi connectivity index (χ1v) is 7.30. The van der Waals surface area contributed by atoms with Gasteiger partial charge in [-0.05, 0) is 38.0 Å². The van der Waals surface area contributed by atoms with Crippen molar-refractivity contribution in [2.24, 2.45) is 5.92 Å². The molecule has 0 aliphatic heterocycles. The maximum absolute atomic E-state index is 12.2. The summed E-state index contributed by atoms with van der Waals surface area (Å²) in [6.07, 6.45) is 1.96. The number of carboxylic acids is 1. The summed E-state index contributed by atoms with van der Waals surface area (Å²) in [6, 6.07) is 7.14. The number of carboxylic acid groups (broad SMARTS) is 1. The van der Waals surface area contributed by atoms with Crippen LogP contribution in [0.1, 0.15) is 34.4 Å². The van der Waals surface area contributed by atoms with Crippen LogP contribution in [0.15, 0.2) is 30.5 Å². The first kappa shape index (κ1) is 16.6. The van der Waals surface area contributed by atoms with E-state index in [1.165, 1.54) is 6.20 Å². The smallest absolute Gasteiger partial charge is 0.306 e. The average molecular weight is 313 g/mol. The minimum atomic E-state index is -0.822. The number of rotatable bonds is 5. The number of carbonyl (C=O) groups excluding carboxylic acids is 1. The Kier molecular flexibility index (Phi) is 5.05. The highest BCUT2D eigenvalue weighted by atomic mass is 16.4. The third-order valence-corrected chi connectivity index (χ3v) is 3.52. The molecule has 0 aliphatic carbocycles. The van der Waals surface area contributed by atoms with E-state index in [0.717, 1.165) is 5.56 Å². The van der Waals surface area contributed by atoms with Crippen molar-refractivity contribution >= 4 is 17.6 Å². The summed E-state index contributed by atoms with van der Waals surface area (Å²) in [6.45, 7) is 5.20. The van der Waals surface area contributed by atoms with Gasteiger partial charge in [-0.15, -0.1) is 0 Å². The molecule has 0 unspecified atom stereocenters. The summed E-state index contributed by atoms with van der Waals surface area (Å²) in [4.78, 5) is 31.3. The lowest BCUT2D eigenvalue weighted by Gasteiger charge is -2.09. The molecule has 1 atom stereocenters. The van der Waals surface area contributed by atoms with Gasteiger partial charge in [-0.3, -0.25) is 9.59 Å². The number of aromatic nitrogens is 2. The molecule has 6 nitrogen and oxygen atoms in total. The van der Waals surface area contributed by atoms with Gasteiger partial charge in [0.2, 0.25) is 0 Å². The van der Waals surface area contributed by atoms with Crippen molar-refractivity contribution < 1.29 is 14.7 Å². The average Bonchev–Trinajstić information content (AvgIpc) is 2.48. The fraction of sp³-hybridized carbons (Fsp3) is 0.294. The topological polar surface area (TPSA) is 92.2 Å². The second-order valence-electron chi connectivity index (χ2n) is 5.51. The minimum absolute atomic E-state index is 0.269. The zero-order chi connectivity index (χ0) is 17.0. The molecule has 1 aromatic carbocycles. The summed E-state index contributed by atoms with van der Waals surface area (Å²) in [5.41, 5.74) is 2.61. The van der Waals surface area contributed by atoms with Crippen molar-refractivity contribution in [2.45, 2.75) is 27.2 Å². The van der Waals surface area contributed by atoms with Crippen LogP contribution in [0.25, 0.3) is 0 Å². The highest BCUT2D eigenvalue weighted by molar-refractivity contribution is 6.04. The minimum Gasteiger partial charge on any atom is -0.481 e. The first-order valence-electron chi connectivity index (χ1n) is 7.30. The standard InChI is InChI=1S/C17H19N3O3/c1-10(17(22)23)8-13-4-6-14(7-5-13)20-16(21)15-9-18-12(3)19-11(15)2/h4-7,9-10H,8H2,1-3H3,(H,20,21)(H,22,23)/t10-/m1/s1. The number of hydrogen-bond donors (Lipinski definition) is 2. The van der Waals surface area contributed by atoms with E-state index >= 15 is 0 Å². The van der Waals surface area contributed by atoms with Gasteiger partial charge in [-0.1, -0.05) is 19.1 Å². The number of hydrogen-bond acceptors (Lipinski definition) is 4. The Hall–Kier alpha value is -2.76. The fourth-order valence-corrected chi connectivity index (χ4v) is 2.17. The monoisotopic (exact) mass is 313 g/mol. The molecule has 0 saturated carbocycles. The van der Waals surface area contributed by atoms with Gasteiger partial charge in [0.15, 0.2) is 0 Å². The third-order valence-electron chi connectivity index (χ3n) is 3.52. The van der Waals surface area contributed by atoms with Crippen molar-refractivity contribution in [2.75, 3.05) is 5.32 Å². The summed E-state index contributed by atoms with van der Waals surface area (Å²) in [7, 11) is 0. The van der Waals surface area contributed by atoms with E-state index < -0.39 is 11.9 Å². The van der Waals surface area contributed by atoms with Crippen LogP contribution in [-0.4, -0.2) is 27.0 Å². The molecule has 0 fully saturated rings. The SMILES string of the molecule is Cc1ncc(C(=O)Nc2ccc(C[C@@H](C)C(=O)O)cc2)c(C)n1. The number of aliphatic carboxylic acids is 1. The molecule has 0 saturated heterocycles. The molecule has 0 spiro atoms. The molecular formula is C17H19N3O3. The van der Waals surface area contributed by atoms with Gasteiger partial charge >= 0.3 is 5.97 Å². The highest BCUT2D eigenvalue weighted by Crippen LogP contribution is 2.15. The van der Waals surface area contributed by atoms with E-state index in [4.69, 9.17) is 5.11 Å². The second-order valence-corrected chi connectivity index (χ2v) is 5.51. The van der Waals surface area contributed by atoms with E-state index in [1.807, 2.05) is 12.1 Å². The Morgan fingerprint density at radius 2 is 1.87 bits per heavy atom. The Morgan fingerprint density at radius 3 is 2.43 bits per heavy atom. The van der Waals surface area contributed by atoms with Crippen LogP contribution in [0.3, 0.4) is 0 Å². The van der Waals surface area contributed by atoms with Crippen molar-refractivity contribution in [3.63, 3.8) is 0 Å². The lowest BCUT2D eigenvalue weighted by atomic mass is 10.0. The molecule has 0 radical (unpaired) electrons. The molecule has 23 heavy (non-hydrogen) atoms. The quantitative estimate of drug-likeness (QED) is 0.885. The van der Waals surface area contributed by atoms with E-state index in [1.54, 1.807) is 32.9 Å².